The number of methoxy groups -OCH3 is 1. The molecule has 3 heterocycles. The Morgan fingerprint density at radius 1 is 1.11 bits per heavy atom. The summed E-state index contributed by atoms with van der Waals surface area (Å²) in [5.74, 6) is 0.277. The molecule has 0 amide bonds. The van der Waals surface area contributed by atoms with Crippen LogP contribution < -0.4 is 5.56 Å². The van der Waals surface area contributed by atoms with E-state index in [-0.39, 0.29) is 18.1 Å². The lowest BCUT2D eigenvalue weighted by molar-refractivity contribution is -0.141. The van der Waals surface area contributed by atoms with Gasteiger partial charge in [-0.25, -0.2) is 4.98 Å². The van der Waals surface area contributed by atoms with Gasteiger partial charge < -0.3 is 9.30 Å². The summed E-state index contributed by atoms with van der Waals surface area (Å²) < 4.78 is 8.54. The molecule has 27 heavy (non-hydrogen) atoms. The lowest BCUT2D eigenvalue weighted by Gasteiger charge is -2.21. The van der Waals surface area contributed by atoms with Crippen molar-refractivity contribution in [3.05, 3.63) is 64.4 Å². The van der Waals surface area contributed by atoms with E-state index in [0.29, 0.717) is 23.3 Å². The minimum Gasteiger partial charge on any atom is -0.468 e. The lowest BCUT2D eigenvalue weighted by atomic mass is 10.0. The van der Waals surface area contributed by atoms with Crippen LogP contribution in [0, 0.1) is 0 Å². The molecule has 134 valence electrons. The molecular weight excluding hydrogens is 342 g/mol. The zero-order valence-corrected chi connectivity index (χ0v) is 14.8. The number of fused-ring (bicyclic) bond motifs is 6. The molecule has 0 aliphatic carbocycles. The largest absolute Gasteiger partial charge is 0.468 e. The van der Waals surface area contributed by atoms with Crippen LogP contribution >= 0.6 is 0 Å². The highest BCUT2D eigenvalue weighted by Crippen LogP contribution is 2.36. The summed E-state index contributed by atoms with van der Waals surface area (Å²) in [6.45, 7) is 0.653. The fourth-order valence-electron chi connectivity index (χ4n) is 4.02. The number of aryl methyl sites for hydroxylation is 1. The standard InChI is InChI=1S/C21H17N3O3/c1-27-18(25)12-24-17-9-5-3-6-13(17)14-10-11-23-20(19(14)24)22-16-8-4-2-7-15(16)21(23)26/h2-9H,10-12H2,1H3. The molecule has 0 fully saturated rings. The molecule has 0 radical (unpaired) electrons. The van der Waals surface area contributed by atoms with Crippen molar-refractivity contribution in [3.8, 4) is 11.5 Å². The van der Waals surface area contributed by atoms with Crippen LogP contribution in [0.5, 0.6) is 0 Å². The molecule has 0 atom stereocenters. The Balaban J connectivity index is 1.89. The molecule has 0 bridgehead atoms. The lowest BCUT2D eigenvalue weighted by Crippen LogP contribution is -2.28. The summed E-state index contributed by atoms with van der Waals surface area (Å²) in [5, 5.41) is 1.70. The van der Waals surface area contributed by atoms with Gasteiger partial charge in [-0.3, -0.25) is 14.2 Å². The Morgan fingerprint density at radius 2 is 1.85 bits per heavy atom. The van der Waals surface area contributed by atoms with Gasteiger partial charge in [0.15, 0.2) is 5.82 Å². The second-order valence-corrected chi connectivity index (χ2v) is 6.67. The van der Waals surface area contributed by atoms with E-state index in [9.17, 15) is 9.59 Å². The molecule has 6 heteroatoms. The number of esters is 1. The summed E-state index contributed by atoms with van der Waals surface area (Å²) in [4.78, 5) is 29.9. The highest BCUT2D eigenvalue weighted by molar-refractivity contribution is 5.93. The van der Waals surface area contributed by atoms with Crippen LogP contribution in [0.4, 0.5) is 0 Å². The molecule has 0 unspecified atom stereocenters. The number of ether oxygens (including phenoxy) is 1. The maximum Gasteiger partial charge on any atom is 0.325 e. The van der Waals surface area contributed by atoms with Crippen LogP contribution in [-0.4, -0.2) is 27.2 Å². The molecule has 0 saturated heterocycles. The predicted molar refractivity (Wildman–Crippen MR) is 103 cm³/mol. The van der Waals surface area contributed by atoms with E-state index in [1.54, 1.807) is 10.6 Å². The maximum atomic E-state index is 13.0. The first-order valence-electron chi connectivity index (χ1n) is 8.86. The SMILES string of the molecule is COC(=O)Cn1c2c(c3ccccc31)CCn1c-2nc2ccccc2c1=O. The number of carbonyl (C=O) groups is 1. The van der Waals surface area contributed by atoms with Gasteiger partial charge in [0.25, 0.3) is 5.56 Å². The molecule has 5 rings (SSSR count). The van der Waals surface area contributed by atoms with Crippen molar-refractivity contribution in [2.24, 2.45) is 0 Å². The van der Waals surface area contributed by atoms with Crippen LogP contribution in [0.15, 0.2) is 53.3 Å². The van der Waals surface area contributed by atoms with Crippen molar-refractivity contribution in [1.82, 2.24) is 14.1 Å². The molecule has 4 aromatic rings. The zero-order chi connectivity index (χ0) is 18.5. The number of aromatic nitrogens is 3. The molecule has 1 aliphatic heterocycles. The first-order valence-corrected chi connectivity index (χ1v) is 8.86. The average molecular weight is 359 g/mol. The summed E-state index contributed by atoms with van der Waals surface area (Å²) in [6, 6.07) is 15.3. The van der Waals surface area contributed by atoms with Crippen LogP contribution in [0.25, 0.3) is 33.3 Å². The van der Waals surface area contributed by atoms with Gasteiger partial charge in [-0.1, -0.05) is 30.3 Å². The summed E-state index contributed by atoms with van der Waals surface area (Å²) in [6.07, 6.45) is 0.719. The third-order valence-corrected chi connectivity index (χ3v) is 5.25. The van der Waals surface area contributed by atoms with E-state index >= 15 is 0 Å². The van der Waals surface area contributed by atoms with Crippen molar-refractivity contribution in [3.63, 3.8) is 0 Å². The minimum atomic E-state index is -0.334. The second-order valence-electron chi connectivity index (χ2n) is 6.67. The molecule has 2 aromatic carbocycles. The third kappa shape index (κ3) is 2.23. The van der Waals surface area contributed by atoms with Gasteiger partial charge in [0, 0.05) is 17.4 Å². The number of benzene rings is 2. The number of rotatable bonds is 2. The van der Waals surface area contributed by atoms with E-state index in [4.69, 9.17) is 9.72 Å². The fraction of sp³-hybridized carbons (Fsp3) is 0.190. The highest BCUT2D eigenvalue weighted by atomic mass is 16.5. The Hall–Kier alpha value is -3.41. The summed E-state index contributed by atoms with van der Waals surface area (Å²) >= 11 is 0. The van der Waals surface area contributed by atoms with E-state index in [2.05, 4.69) is 6.07 Å². The molecule has 0 spiro atoms. The second kappa shape index (κ2) is 5.81. The van der Waals surface area contributed by atoms with E-state index in [1.165, 1.54) is 7.11 Å². The van der Waals surface area contributed by atoms with Gasteiger partial charge in [0.2, 0.25) is 0 Å². The number of hydrogen-bond donors (Lipinski definition) is 0. The fourth-order valence-corrected chi connectivity index (χ4v) is 4.02. The predicted octanol–water partition coefficient (Wildman–Crippen LogP) is 2.75. The molecule has 6 nitrogen and oxygen atoms in total. The highest BCUT2D eigenvalue weighted by Gasteiger charge is 2.27. The van der Waals surface area contributed by atoms with Crippen molar-refractivity contribution in [2.45, 2.75) is 19.5 Å². The smallest absolute Gasteiger partial charge is 0.325 e. The Bertz CT molecular complexity index is 1280. The van der Waals surface area contributed by atoms with Gasteiger partial charge in [0.05, 0.1) is 23.7 Å². The number of hydrogen-bond acceptors (Lipinski definition) is 4. The number of nitrogens with zero attached hydrogens (tertiary/aromatic N) is 3. The first kappa shape index (κ1) is 15.8. The summed E-state index contributed by atoms with van der Waals surface area (Å²) in [5.41, 5.74) is 3.52. The molecular formula is C21H17N3O3. The topological polar surface area (TPSA) is 66.1 Å². The number of carbonyl (C=O) groups excluding carboxylic acids is 1. The van der Waals surface area contributed by atoms with Gasteiger partial charge in [-0.15, -0.1) is 0 Å². The van der Waals surface area contributed by atoms with Gasteiger partial charge in [-0.2, -0.15) is 0 Å². The van der Waals surface area contributed by atoms with E-state index in [0.717, 1.165) is 28.6 Å². The monoisotopic (exact) mass is 359 g/mol. The van der Waals surface area contributed by atoms with Gasteiger partial charge in [-0.05, 0) is 30.2 Å². The first-order chi connectivity index (χ1) is 13.2. The van der Waals surface area contributed by atoms with Crippen LogP contribution in [0.2, 0.25) is 0 Å². The van der Waals surface area contributed by atoms with Crippen LogP contribution in [-0.2, 0) is 29.0 Å². The third-order valence-electron chi connectivity index (χ3n) is 5.25. The zero-order valence-electron chi connectivity index (χ0n) is 14.8. The minimum absolute atomic E-state index is 0.0453. The molecule has 0 saturated carbocycles. The Labute approximate surface area is 154 Å². The Morgan fingerprint density at radius 3 is 2.67 bits per heavy atom. The quantitative estimate of drug-likeness (QED) is 0.516. The maximum absolute atomic E-state index is 13.0. The molecule has 2 aromatic heterocycles. The summed E-state index contributed by atoms with van der Waals surface area (Å²) in [7, 11) is 1.38. The normalized spacial score (nSPS) is 12.8. The Kier molecular flexibility index (Phi) is 3.40. The molecule has 0 N–H and O–H groups in total. The van der Waals surface area contributed by atoms with Crippen molar-refractivity contribution >= 4 is 27.8 Å². The van der Waals surface area contributed by atoms with Crippen molar-refractivity contribution in [2.75, 3.05) is 7.11 Å². The van der Waals surface area contributed by atoms with Crippen LogP contribution in [0.1, 0.15) is 5.56 Å². The van der Waals surface area contributed by atoms with Crippen LogP contribution in [0.3, 0.4) is 0 Å². The average Bonchev–Trinajstić information content (AvgIpc) is 3.02. The van der Waals surface area contributed by atoms with E-state index < -0.39 is 0 Å². The van der Waals surface area contributed by atoms with Crippen molar-refractivity contribution < 1.29 is 9.53 Å². The molecule has 1 aliphatic rings. The van der Waals surface area contributed by atoms with Gasteiger partial charge >= 0.3 is 5.97 Å². The van der Waals surface area contributed by atoms with E-state index in [1.807, 2.05) is 41.0 Å². The number of para-hydroxylation sites is 2. The van der Waals surface area contributed by atoms with Gasteiger partial charge in [0.1, 0.15) is 6.54 Å². The van der Waals surface area contributed by atoms with Crippen molar-refractivity contribution in [1.29, 1.82) is 0 Å².